The minimum atomic E-state index is -1.04. The fourth-order valence-corrected chi connectivity index (χ4v) is 6.65. The lowest BCUT2D eigenvalue weighted by molar-refractivity contribution is -0.145. The SMILES string of the molecule is COc1ccc(C2=NN(C3CCN(C(=O)[C@H](Cc4cscn4)OC(N)=O)CC3)C(=O)[C@@H]3CCCC[C@H]23)cc1OC. The topological polar surface area (TPSA) is 137 Å². The molecule has 0 radical (unpaired) electrons. The Hall–Kier alpha value is -3.67. The lowest BCUT2D eigenvalue weighted by Gasteiger charge is -2.43. The summed E-state index contributed by atoms with van der Waals surface area (Å²) in [5.74, 6) is 0.973. The second-order valence-electron chi connectivity index (χ2n) is 10.4. The van der Waals surface area contributed by atoms with E-state index >= 15 is 0 Å². The second kappa shape index (κ2) is 12.2. The summed E-state index contributed by atoms with van der Waals surface area (Å²) >= 11 is 1.40. The molecule has 1 aromatic carbocycles. The van der Waals surface area contributed by atoms with Crippen LogP contribution in [0, 0.1) is 11.8 Å². The Morgan fingerprint density at radius 3 is 2.45 bits per heavy atom. The number of rotatable bonds is 8. The maximum absolute atomic E-state index is 13.7. The fourth-order valence-electron chi connectivity index (χ4n) is 6.07. The van der Waals surface area contributed by atoms with Crippen LogP contribution in [0.2, 0.25) is 0 Å². The monoisotopic (exact) mass is 569 g/mol. The number of thiazole rings is 1. The quantitative estimate of drug-likeness (QED) is 0.515. The number of amides is 3. The molecule has 3 heterocycles. The molecule has 0 spiro atoms. The molecule has 214 valence electrons. The van der Waals surface area contributed by atoms with Crippen LogP contribution in [0.4, 0.5) is 4.79 Å². The third kappa shape index (κ3) is 5.77. The molecule has 3 aliphatic rings. The van der Waals surface area contributed by atoms with Gasteiger partial charge in [-0.3, -0.25) is 9.59 Å². The van der Waals surface area contributed by atoms with E-state index in [1.165, 1.54) is 11.3 Å². The summed E-state index contributed by atoms with van der Waals surface area (Å²) in [5, 5.41) is 8.46. The summed E-state index contributed by atoms with van der Waals surface area (Å²) in [6.07, 6.45) is 3.11. The molecule has 11 nitrogen and oxygen atoms in total. The highest BCUT2D eigenvalue weighted by atomic mass is 32.1. The van der Waals surface area contributed by atoms with Crippen LogP contribution in [0.25, 0.3) is 0 Å². The lowest BCUT2D eigenvalue weighted by atomic mass is 9.73. The van der Waals surface area contributed by atoms with Crippen molar-refractivity contribution in [3.8, 4) is 11.5 Å². The predicted molar refractivity (Wildman–Crippen MR) is 148 cm³/mol. The van der Waals surface area contributed by atoms with Crippen LogP contribution in [0.5, 0.6) is 11.5 Å². The van der Waals surface area contributed by atoms with Gasteiger partial charge in [0, 0.05) is 42.3 Å². The number of hydrogen-bond acceptors (Lipinski definition) is 9. The van der Waals surface area contributed by atoms with Crippen molar-refractivity contribution >= 4 is 35.0 Å². The zero-order valence-electron chi connectivity index (χ0n) is 22.8. The number of carbonyl (C=O) groups excluding carboxylic acids is 3. The summed E-state index contributed by atoms with van der Waals surface area (Å²) in [5.41, 5.74) is 9.41. The minimum absolute atomic E-state index is 0.0645. The van der Waals surface area contributed by atoms with E-state index in [4.69, 9.17) is 25.0 Å². The standard InChI is InChI=1S/C28H35N5O6S/c1-37-22-8-7-17(13-23(22)38-2)25-20-5-3-4-6-21(20)26(34)33(31-25)19-9-11-32(12-10-19)27(35)24(39-28(29)36)14-18-15-40-16-30-18/h7-8,13,15-16,19-21,24H,3-6,9-12,14H2,1-2H3,(H2,29,36)/t20-,21+,24-/m0/s1. The number of ether oxygens (including phenoxy) is 3. The third-order valence-electron chi connectivity index (χ3n) is 8.09. The van der Waals surface area contributed by atoms with Gasteiger partial charge in [-0.05, 0) is 43.9 Å². The summed E-state index contributed by atoms with van der Waals surface area (Å²) in [7, 11) is 3.21. The lowest BCUT2D eigenvalue weighted by Crippen LogP contribution is -2.54. The number of methoxy groups -OCH3 is 2. The van der Waals surface area contributed by atoms with Gasteiger partial charge in [-0.15, -0.1) is 11.3 Å². The number of nitrogens with zero attached hydrogens (tertiary/aromatic N) is 4. The van der Waals surface area contributed by atoms with Crippen LogP contribution >= 0.6 is 11.3 Å². The van der Waals surface area contributed by atoms with E-state index < -0.39 is 12.2 Å². The van der Waals surface area contributed by atoms with E-state index in [1.807, 2.05) is 23.6 Å². The molecule has 0 unspecified atom stereocenters. The Balaban J connectivity index is 1.34. The van der Waals surface area contributed by atoms with E-state index in [2.05, 4.69) is 4.98 Å². The van der Waals surface area contributed by atoms with Crippen LogP contribution in [0.1, 0.15) is 49.8 Å². The largest absolute Gasteiger partial charge is 0.493 e. The zero-order valence-corrected chi connectivity index (χ0v) is 23.6. The Labute approximate surface area is 237 Å². The molecule has 40 heavy (non-hydrogen) atoms. The number of carbonyl (C=O) groups is 3. The average Bonchev–Trinajstić information content (AvgIpc) is 3.49. The average molecular weight is 570 g/mol. The molecule has 5 rings (SSSR count). The van der Waals surface area contributed by atoms with Crippen molar-refractivity contribution in [3.05, 3.63) is 40.3 Å². The van der Waals surface area contributed by atoms with E-state index in [-0.39, 0.29) is 36.1 Å². The predicted octanol–water partition coefficient (Wildman–Crippen LogP) is 3.21. The Bertz CT molecular complexity index is 1260. The number of hydrazone groups is 1. The van der Waals surface area contributed by atoms with E-state index in [9.17, 15) is 14.4 Å². The molecule has 1 saturated carbocycles. The van der Waals surface area contributed by atoms with Crippen molar-refractivity contribution in [1.29, 1.82) is 0 Å². The Morgan fingerprint density at radius 2 is 1.80 bits per heavy atom. The van der Waals surface area contributed by atoms with Gasteiger partial charge in [0.25, 0.3) is 5.91 Å². The van der Waals surface area contributed by atoms with Crippen molar-refractivity contribution in [2.24, 2.45) is 22.7 Å². The summed E-state index contributed by atoms with van der Waals surface area (Å²) in [6.45, 7) is 0.830. The molecular formula is C28H35N5O6S. The van der Waals surface area contributed by atoms with Gasteiger partial charge >= 0.3 is 6.09 Å². The number of aromatic nitrogens is 1. The summed E-state index contributed by atoms with van der Waals surface area (Å²) in [6, 6.07) is 5.64. The molecule has 3 atom stereocenters. The highest BCUT2D eigenvalue weighted by Crippen LogP contribution is 2.40. The maximum Gasteiger partial charge on any atom is 0.405 e. The number of likely N-dealkylation sites (tertiary alicyclic amines) is 1. The van der Waals surface area contributed by atoms with Gasteiger partial charge in [0.05, 0.1) is 37.2 Å². The smallest absolute Gasteiger partial charge is 0.405 e. The molecule has 2 aliphatic heterocycles. The van der Waals surface area contributed by atoms with E-state index in [0.717, 1.165) is 37.0 Å². The number of hydrogen-bond donors (Lipinski definition) is 1. The molecule has 12 heteroatoms. The minimum Gasteiger partial charge on any atom is -0.493 e. The first-order chi connectivity index (χ1) is 19.4. The molecule has 1 aliphatic carbocycles. The zero-order chi connectivity index (χ0) is 28.2. The van der Waals surface area contributed by atoms with Gasteiger partial charge in [0.15, 0.2) is 17.6 Å². The number of piperidine rings is 1. The van der Waals surface area contributed by atoms with Gasteiger partial charge in [-0.1, -0.05) is 12.8 Å². The van der Waals surface area contributed by atoms with Crippen molar-refractivity contribution < 1.29 is 28.6 Å². The van der Waals surface area contributed by atoms with Gasteiger partial charge in [0.1, 0.15) is 0 Å². The molecule has 2 fully saturated rings. The number of nitrogens with two attached hydrogens (primary N) is 1. The molecular weight excluding hydrogens is 534 g/mol. The molecule has 0 bridgehead atoms. The maximum atomic E-state index is 13.7. The molecule has 3 amide bonds. The van der Waals surface area contributed by atoms with Gasteiger partial charge in [-0.2, -0.15) is 5.10 Å². The normalized spacial score (nSPS) is 22.2. The van der Waals surface area contributed by atoms with Crippen molar-refractivity contribution in [1.82, 2.24) is 14.9 Å². The molecule has 2 aromatic rings. The number of benzene rings is 1. The van der Waals surface area contributed by atoms with Crippen LogP contribution in [0.3, 0.4) is 0 Å². The first kappa shape index (κ1) is 27.9. The third-order valence-corrected chi connectivity index (χ3v) is 8.72. The molecule has 2 N–H and O–H groups in total. The summed E-state index contributed by atoms with van der Waals surface area (Å²) < 4.78 is 16.1. The Kier molecular flexibility index (Phi) is 8.53. The number of primary amides is 1. The van der Waals surface area contributed by atoms with Crippen LogP contribution in [-0.4, -0.2) is 78.0 Å². The van der Waals surface area contributed by atoms with Gasteiger partial charge < -0.3 is 24.8 Å². The fraction of sp³-hybridized carbons (Fsp3) is 0.536. The molecule has 1 aromatic heterocycles. The summed E-state index contributed by atoms with van der Waals surface area (Å²) in [4.78, 5) is 44.4. The van der Waals surface area contributed by atoms with Crippen molar-refractivity contribution in [3.63, 3.8) is 0 Å². The Morgan fingerprint density at radius 1 is 1.07 bits per heavy atom. The van der Waals surface area contributed by atoms with Gasteiger partial charge in [-0.25, -0.2) is 14.8 Å². The van der Waals surface area contributed by atoms with Crippen LogP contribution < -0.4 is 15.2 Å². The van der Waals surface area contributed by atoms with Crippen molar-refractivity contribution in [2.45, 2.75) is 57.1 Å². The first-order valence-electron chi connectivity index (χ1n) is 13.7. The first-order valence-corrected chi connectivity index (χ1v) is 14.6. The van der Waals surface area contributed by atoms with Crippen LogP contribution in [-0.2, 0) is 20.7 Å². The van der Waals surface area contributed by atoms with Crippen LogP contribution in [0.15, 0.2) is 34.2 Å². The van der Waals surface area contributed by atoms with Gasteiger partial charge in [0.2, 0.25) is 5.91 Å². The van der Waals surface area contributed by atoms with Crippen molar-refractivity contribution in [2.75, 3.05) is 27.3 Å². The number of fused-ring (bicyclic) bond motifs is 1. The highest BCUT2D eigenvalue weighted by molar-refractivity contribution is 7.07. The highest BCUT2D eigenvalue weighted by Gasteiger charge is 2.44. The second-order valence-corrected chi connectivity index (χ2v) is 11.1. The van der Waals surface area contributed by atoms with E-state index in [1.54, 1.807) is 29.6 Å². The van der Waals surface area contributed by atoms with E-state index in [0.29, 0.717) is 43.1 Å². The molecule has 1 saturated heterocycles.